The summed E-state index contributed by atoms with van der Waals surface area (Å²) in [7, 11) is 0. The Bertz CT molecular complexity index is 588. The lowest BCUT2D eigenvalue weighted by Gasteiger charge is -2.04. The number of carboxylic acid groups (broad SMARTS) is 1. The first kappa shape index (κ1) is 13.6. The average Bonchev–Trinajstić information content (AvgIpc) is 2.93. The van der Waals surface area contributed by atoms with Gasteiger partial charge in [0.2, 0.25) is 5.88 Å². The predicted octanol–water partition coefficient (Wildman–Crippen LogP) is 1.91. The number of carboxylic acids is 1. The minimum absolute atomic E-state index is 0.382. The standard InChI is InChI=1S/C12H14N2O4S/c1-2-17-6-7-18-11-9(3-4-10(15)16)14-5-8-19-12(14)13-11/h3-5,8H,2,6-7H2,1H3,(H,15,16). The Kier molecular flexibility index (Phi) is 4.53. The maximum Gasteiger partial charge on any atom is 0.328 e. The number of thiazole rings is 1. The van der Waals surface area contributed by atoms with Crippen LogP contribution in [0, 0.1) is 0 Å². The van der Waals surface area contributed by atoms with Crippen molar-refractivity contribution in [3.05, 3.63) is 23.3 Å². The van der Waals surface area contributed by atoms with E-state index in [1.807, 2.05) is 18.5 Å². The molecule has 2 rings (SSSR count). The van der Waals surface area contributed by atoms with Crippen LogP contribution in [0.2, 0.25) is 0 Å². The third kappa shape index (κ3) is 3.33. The van der Waals surface area contributed by atoms with Gasteiger partial charge in [0.05, 0.1) is 6.61 Å². The fraction of sp³-hybridized carbons (Fsp3) is 0.333. The average molecular weight is 282 g/mol. The van der Waals surface area contributed by atoms with E-state index in [-0.39, 0.29) is 0 Å². The molecule has 0 fully saturated rings. The highest BCUT2D eigenvalue weighted by Gasteiger charge is 2.12. The number of rotatable bonds is 7. The molecule has 6 nitrogen and oxygen atoms in total. The minimum atomic E-state index is -1.01. The molecule has 0 saturated heterocycles. The number of nitrogens with zero attached hydrogens (tertiary/aromatic N) is 2. The van der Waals surface area contributed by atoms with Gasteiger partial charge in [-0.1, -0.05) is 0 Å². The molecule has 2 heterocycles. The summed E-state index contributed by atoms with van der Waals surface area (Å²) in [5.41, 5.74) is 0.621. The highest BCUT2D eigenvalue weighted by Crippen LogP contribution is 2.24. The van der Waals surface area contributed by atoms with Gasteiger partial charge in [-0.05, 0) is 13.0 Å². The van der Waals surface area contributed by atoms with E-state index in [4.69, 9.17) is 14.6 Å². The molecule has 0 aliphatic heterocycles. The molecular formula is C12H14N2O4S. The second kappa shape index (κ2) is 6.35. The Labute approximate surface area is 113 Å². The third-order valence-electron chi connectivity index (χ3n) is 2.32. The summed E-state index contributed by atoms with van der Waals surface area (Å²) in [6.07, 6.45) is 4.37. The van der Waals surface area contributed by atoms with Crippen LogP contribution in [-0.4, -0.2) is 40.3 Å². The van der Waals surface area contributed by atoms with Gasteiger partial charge in [0, 0.05) is 24.3 Å². The molecule has 102 valence electrons. The largest absolute Gasteiger partial charge is 0.478 e. The van der Waals surface area contributed by atoms with Crippen molar-refractivity contribution >= 4 is 28.3 Å². The number of aromatic nitrogens is 2. The van der Waals surface area contributed by atoms with Crippen molar-refractivity contribution in [3.8, 4) is 5.88 Å². The number of fused-ring (bicyclic) bond motifs is 1. The van der Waals surface area contributed by atoms with E-state index in [1.165, 1.54) is 17.4 Å². The van der Waals surface area contributed by atoms with Gasteiger partial charge in [-0.2, -0.15) is 4.98 Å². The van der Waals surface area contributed by atoms with E-state index in [9.17, 15) is 4.79 Å². The fourth-order valence-corrected chi connectivity index (χ4v) is 2.25. The van der Waals surface area contributed by atoms with Crippen LogP contribution < -0.4 is 4.74 Å². The second-order valence-corrected chi connectivity index (χ2v) is 4.45. The Morgan fingerprint density at radius 2 is 2.42 bits per heavy atom. The van der Waals surface area contributed by atoms with E-state index < -0.39 is 5.97 Å². The molecule has 0 bridgehead atoms. The molecule has 0 unspecified atom stereocenters. The van der Waals surface area contributed by atoms with E-state index in [0.717, 1.165) is 11.0 Å². The van der Waals surface area contributed by atoms with E-state index in [2.05, 4.69) is 4.98 Å². The van der Waals surface area contributed by atoms with Gasteiger partial charge in [-0.15, -0.1) is 11.3 Å². The van der Waals surface area contributed by atoms with Gasteiger partial charge < -0.3 is 14.6 Å². The van der Waals surface area contributed by atoms with Gasteiger partial charge in [-0.3, -0.25) is 4.40 Å². The molecule has 0 aromatic carbocycles. The number of aliphatic carboxylic acids is 1. The summed E-state index contributed by atoms with van der Waals surface area (Å²) in [5.74, 6) is -0.588. The van der Waals surface area contributed by atoms with Crippen molar-refractivity contribution in [1.82, 2.24) is 9.38 Å². The summed E-state index contributed by atoms with van der Waals surface area (Å²) in [5, 5.41) is 10.6. The van der Waals surface area contributed by atoms with Crippen LogP contribution in [0.5, 0.6) is 5.88 Å². The first-order chi connectivity index (χ1) is 9.22. The van der Waals surface area contributed by atoms with Crippen LogP contribution in [0.4, 0.5) is 0 Å². The lowest BCUT2D eigenvalue weighted by Crippen LogP contribution is -2.07. The van der Waals surface area contributed by atoms with Crippen molar-refractivity contribution < 1.29 is 19.4 Å². The number of ether oxygens (including phenoxy) is 2. The van der Waals surface area contributed by atoms with Crippen LogP contribution in [0.15, 0.2) is 17.7 Å². The van der Waals surface area contributed by atoms with Crippen LogP contribution in [0.1, 0.15) is 12.6 Å². The first-order valence-corrected chi connectivity index (χ1v) is 6.67. The second-order valence-electron chi connectivity index (χ2n) is 3.57. The zero-order valence-corrected chi connectivity index (χ0v) is 11.2. The van der Waals surface area contributed by atoms with Gasteiger partial charge in [0.1, 0.15) is 12.3 Å². The highest BCUT2D eigenvalue weighted by atomic mass is 32.1. The maximum atomic E-state index is 10.6. The Balaban J connectivity index is 2.18. The van der Waals surface area contributed by atoms with Crippen molar-refractivity contribution in [2.75, 3.05) is 19.8 Å². The molecular weight excluding hydrogens is 268 g/mol. The van der Waals surface area contributed by atoms with Crippen molar-refractivity contribution in [1.29, 1.82) is 0 Å². The molecule has 0 spiro atoms. The Morgan fingerprint density at radius 3 is 3.16 bits per heavy atom. The molecule has 0 saturated carbocycles. The van der Waals surface area contributed by atoms with Crippen molar-refractivity contribution in [2.45, 2.75) is 6.92 Å². The fourth-order valence-electron chi connectivity index (χ4n) is 1.53. The monoisotopic (exact) mass is 282 g/mol. The molecule has 0 aliphatic carbocycles. The van der Waals surface area contributed by atoms with Crippen LogP contribution in [0.3, 0.4) is 0 Å². The minimum Gasteiger partial charge on any atom is -0.478 e. The number of hydrogen-bond donors (Lipinski definition) is 1. The normalized spacial score (nSPS) is 11.4. The molecule has 0 radical (unpaired) electrons. The van der Waals surface area contributed by atoms with Gasteiger partial charge in [0.25, 0.3) is 0 Å². The SMILES string of the molecule is CCOCCOc1nc2sccn2c1C=CC(=O)O. The van der Waals surface area contributed by atoms with Crippen LogP contribution in [-0.2, 0) is 9.53 Å². The molecule has 7 heteroatoms. The Hall–Kier alpha value is -1.86. The molecule has 2 aromatic rings. The van der Waals surface area contributed by atoms with Crippen LogP contribution in [0.25, 0.3) is 11.0 Å². The zero-order chi connectivity index (χ0) is 13.7. The van der Waals surface area contributed by atoms with Gasteiger partial charge in [-0.25, -0.2) is 4.79 Å². The summed E-state index contributed by atoms with van der Waals surface area (Å²) in [6.45, 7) is 3.40. The maximum absolute atomic E-state index is 10.6. The zero-order valence-electron chi connectivity index (χ0n) is 10.4. The van der Waals surface area contributed by atoms with Crippen molar-refractivity contribution in [3.63, 3.8) is 0 Å². The molecule has 1 N–H and O–H groups in total. The third-order valence-corrected chi connectivity index (χ3v) is 3.08. The number of hydrogen-bond acceptors (Lipinski definition) is 5. The van der Waals surface area contributed by atoms with Crippen molar-refractivity contribution in [2.24, 2.45) is 0 Å². The van der Waals surface area contributed by atoms with Gasteiger partial charge in [0.15, 0.2) is 4.96 Å². The van der Waals surface area contributed by atoms with E-state index >= 15 is 0 Å². The summed E-state index contributed by atoms with van der Waals surface area (Å²) in [6, 6.07) is 0. The summed E-state index contributed by atoms with van der Waals surface area (Å²) >= 11 is 1.46. The molecule has 2 aromatic heterocycles. The number of carbonyl (C=O) groups is 1. The summed E-state index contributed by atoms with van der Waals surface area (Å²) < 4.78 is 12.5. The highest BCUT2D eigenvalue weighted by molar-refractivity contribution is 7.15. The molecule has 0 amide bonds. The lowest BCUT2D eigenvalue weighted by molar-refractivity contribution is -0.131. The number of imidazole rings is 1. The molecule has 19 heavy (non-hydrogen) atoms. The van der Waals surface area contributed by atoms with Gasteiger partial charge >= 0.3 is 5.97 Å². The lowest BCUT2D eigenvalue weighted by atomic mass is 10.4. The van der Waals surface area contributed by atoms with Crippen LogP contribution >= 0.6 is 11.3 Å². The van der Waals surface area contributed by atoms with E-state index in [1.54, 1.807) is 4.40 Å². The first-order valence-electron chi connectivity index (χ1n) is 5.79. The Morgan fingerprint density at radius 1 is 1.58 bits per heavy atom. The van der Waals surface area contributed by atoms with E-state index in [0.29, 0.717) is 31.4 Å². The molecule has 0 aliphatic rings. The predicted molar refractivity (Wildman–Crippen MR) is 71.7 cm³/mol. The summed E-state index contributed by atoms with van der Waals surface area (Å²) in [4.78, 5) is 15.7. The molecule has 0 atom stereocenters. The topological polar surface area (TPSA) is 73.1 Å². The quantitative estimate of drug-likeness (QED) is 0.620. The smallest absolute Gasteiger partial charge is 0.328 e.